The van der Waals surface area contributed by atoms with Crippen LogP contribution in [0.15, 0.2) is 12.7 Å². The van der Waals surface area contributed by atoms with Crippen molar-refractivity contribution in [2.45, 2.75) is 31.7 Å². The second-order valence-corrected chi connectivity index (χ2v) is 5.23. The Morgan fingerprint density at radius 3 is 2.88 bits per heavy atom. The van der Waals surface area contributed by atoms with Crippen molar-refractivity contribution in [3.05, 3.63) is 12.7 Å². The third-order valence-electron chi connectivity index (χ3n) is 2.71. The zero-order valence-corrected chi connectivity index (χ0v) is 10.7. The van der Waals surface area contributed by atoms with E-state index >= 15 is 0 Å². The predicted octanol–water partition coefficient (Wildman–Crippen LogP) is 1.55. The minimum absolute atomic E-state index is 0.117. The number of thioether (sulfide) groups is 1. The van der Waals surface area contributed by atoms with E-state index in [4.69, 9.17) is 0 Å². The molecule has 0 saturated heterocycles. The van der Waals surface area contributed by atoms with E-state index in [9.17, 15) is 4.79 Å². The summed E-state index contributed by atoms with van der Waals surface area (Å²) in [6, 6.07) is 0.570. The van der Waals surface area contributed by atoms with Crippen LogP contribution >= 0.6 is 11.8 Å². The lowest BCUT2D eigenvalue weighted by Gasteiger charge is -2.11. The van der Waals surface area contributed by atoms with Gasteiger partial charge in [0.25, 0.3) is 0 Å². The second-order valence-electron chi connectivity index (χ2n) is 4.08. The van der Waals surface area contributed by atoms with Gasteiger partial charge in [-0.25, -0.2) is 0 Å². The minimum atomic E-state index is 0.117. The lowest BCUT2D eigenvalue weighted by molar-refractivity contribution is -0.120. The largest absolute Gasteiger partial charge is 0.354 e. The summed E-state index contributed by atoms with van der Waals surface area (Å²) < 4.78 is 0. The Kier molecular flexibility index (Phi) is 7.34. The van der Waals surface area contributed by atoms with Crippen molar-refractivity contribution < 1.29 is 4.79 Å². The molecule has 92 valence electrons. The van der Waals surface area contributed by atoms with E-state index in [0.29, 0.717) is 12.6 Å². The van der Waals surface area contributed by atoms with Crippen molar-refractivity contribution in [1.29, 1.82) is 0 Å². The van der Waals surface area contributed by atoms with Crippen LogP contribution < -0.4 is 10.6 Å². The van der Waals surface area contributed by atoms with Gasteiger partial charge in [-0.1, -0.05) is 18.9 Å². The Bertz CT molecular complexity index is 215. The van der Waals surface area contributed by atoms with Crippen LogP contribution in [0.2, 0.25) is 0 Å². The van der Waals surface area contributed by atoms with Gasteiger partial charge >= 0.3 is 0 Å². The highest BCUT2D eigenvalue weighted by atomic mass is 32.2. The number of rotatable bonds is 8. The molecule has 4 heteroatoms. The van der Waals surface area contributed by atoms with Crippen molar-refractivity contribution in [1.82, 2.24) is 10.6 Å². The van der Waals surface area contributed by atoms with Gasteiger partial charge in [0.15, 0.2) is 0 Å². The summed E-state index contributed by atoms with van der Waals surface area (Å²) >= 11 is 1.79. The van der Waals surface area contributed by atoms with E-state index in [1.807, 2.05) is 6.08 Å². The van der Waals surface area contributed by atoms with E-state index < -0.39 is 0 Å². The number of amides is 1. The molecule has 0 unspecified atom stereocenters. The molecular formula is C12H22N2OS. The number of nitrogens with one attached hydrogen (secondary N) is 2. The fourth-order valence-electron chi connectivity index (χ4n) is 1.86. The van der Waals surface area contributed by atoms with Gasteiger partial charge < -0.3 is 10.6 Å². The molecule has 1 rings (SSSR count). The van der Waals surface area contributed by atoms with E-state index in [0.717, 1.165) is 18.1 Å². The Labute approximate surface area is 102 Å². The second kappa shape index (κ2) is 8.65. The fraction of sp³-hybridized carbons (Fsp3) is 0.750. The number of hydrogen-bond donors (Lipinski definition) is 2. The van der Waals surface area contributed by atoms with E-state index in [-0.39, 0.29) is 5.91 Å². The fourth-order valence-corrected chi connectivity index (χ4v) is 2.44. The van der Waals surface area contributed by atoms with Crippen molar-refractivity contribution in [3.8, 4) is 0 Å². The van der Waals surface area contributed by atoms with Crippen LogP contribution in [-0.4, -0.2) is 36.5 Å². The molecule has 0 aliphatic heterocycles. The van der Waals surface area contributed by atoms with Crippen molar-refractivity contribution in [2.75, 3.05) is 24.6 Å². The Hall–Kier alpha value is -0.480. The summed E-state index contributed by atoms with van der Waals surface area (Å²) in [6.07, 6.45) is 6.94. The van der Waals surface area contributed by atoms with Crippen LogP contribution in [0.4, 0.5) is 0 Å². The average molecular weight is 242 g/mol. The van der Waals surface area contributed by atoms with Crippen molar-refractivity contribution >= 4 is 17.7 Å². The highest BCUT2D eigenvalue weighted by Gasteiger charge is 2.14. The summed E-state index contributed by atoms with van der Waals surface area (Å²) in [5.41, 5.74) is 0. The summed E-state index contributed by atoms with van der Waals surface area (Å²) in [7, 11) is 0. The number of hydrogen-bond acceptors (Lipinski definition) is 3. The molecule has 0 radical (unpaired) electrons. The molecule has 0 bridgehead atoms. The van der Waals surface area contributed by atoms with E-state index in [1.54, 1.807) is 11.8 Å². The van der Waals surface area contributed by atoms with Gasteiger partial charge in [-0.2, -0.15) is 11.8 Å². The van der Waals surface area contributed by atoms with Crippen LogP contribution in [0.3, 0.4) is 0 Å². The normalized spacial score (nSPS) is 16.2. The van der Waals surface area contributed by atoms with Crippen LogP contribution in [0.25, 0.3) is 0 Å². The lowest BCUT2D eigenvalue weighted by atomic mass is 10.2. The van der Waals surface area contributed by atoms with Crippen LogP contribution in [0.5, 0.6) is 0 Å². The van der Waals surface area contributed by atoms with Crippen molar-refractivity contribution in [2.24, 2.45) is 0 Å². The first-order valence-electron chi connectivity index (χ1n) is 6.01. The smallest absolute Gasteiger partial charge is 0.233 e. The third kappa shape index (κ3) is 6.18. The topological polar surface area (TPSA) is 41.1 Å². The molecule has 0 aromatic rings. The molecule has 1 aliphatic carbocycles. The lowest BCUT2D eigenvalue weighted by Crippen LogP contribution is -2.38. The molecule has 1 saturated carbocycles. The molecule has 0 atom stereocenters. The first kappa shape index (κ1) is 13.6. The first-order valence-corrected chi connectivity index (χ1v) is 7.17. The van der Waals surface area contributed by atoms with E-state index in [1.165, 1.54) is 25.7 Å². The molecule has 1 aliphatic rings. The maximum Gasteiger partial charge on any atom is 0.233 e. The van der Waals surface area contributed by atoms with Gasteiger partial charge in [0.2, 0.25) is 5.91 Å². The van der Waals surface area contributed by atoms with Gasteiger partial charge in [0.05, 0.1) is 6.54 Å². The third-order valence-corrected chi connectivity index (χ3v) is 3.67. The highest BCUT2D eigenvalue weighted by Crippen LogP contribution is 2.17. The Morgan fingerprint density at radius 1 is 1.44 bits per heavy atom. The molecular weight excluding hydrogens is 220 g/mol. The average Bonchev–Trinajstić information content (AvgIpc) is 2.79. The molecule has 2 N–H and O–H groups in total. The molecule has 1 amide bonds. The quantitative estimate of drug-likeness (QED) is 0.501. The molecule has 0 aromatic heterocycles. The summed E-state index contributed by atoms with van der Waals surface area (Å²) in [6.45, 7) is 4.87. The molecule has 1 fully saturated rings. The maximum atomic E-state index is 11.4. The summed E-state index contributed by atoms with van der Waals surface area (Å²) in [5, 5.41) is 6.21. The van der Waals surface area contributed by atoms with Gasteiger partial charge in [-0.05, 0) is 12.8 Å². The molecule has 16 heavy (non-hydrogen) atoms. The molecule has 3 nitrogen and oxygen atoms in total. The summed E-state index contributed by atoms with van der Waals surface area (Å²) in [5.74, 6) is 2.03. The van der Waals surface area contributed by atoms with Crippen LogP contribution in [-0.2, 0) is 4.79 Å². The predicted molar refractivity (Wildman–Crippen MR) is 70.8 cm³/mol. The SMILES string of the molecule is C=CCSCCNC(=O)CNC1CCCC1. The highest BCUT2D eigenvalue weighted by molar-refractivity contribution is 7.99. The van der Waals surface area contributed by atoms with Crippen LogP contribution in [0.1, 0.15) is 25.7 Å². The molecule has 0 aromatic carbocycles. The molecule has 0 heterocycles. The number of carbonyl (C=O) groups excluding carboxylic acids is 1. The van der Waals surface area contributed by atoms with Gasteiger partial charge in [0, 0.05) is 24.1 Å². The van der Waals surface area contributed by atoms with Gasteiger partial charge in [0.1, 0.15) is 0 Å². The maximum absolute atomic E-state index is 11.4. The Balaban J connectivity index is 1.91. The minimum Gasteiger partial charge on any atom is -0.354 e. The zero-order chi connectivity index (χ0) is 11.6. The van der Waals surface area contributed by atoms with Crippen LogP contribution in [0, 0.1) is 0 Å². The number of carbonyl (C=O) groups is 1. The molecule has 0 spiro atoms. The Morgan fingerprint density at radius 2 is 2.19 bits per heavy atom. The van der Waals surface area contributed by atoms with Gasteiger partial charge in [-0.3, -0.25) is 4.79 Å². The standard InChI is InChI=1S/C12H22N2OS/c1-2-8-16-9-7-13-12(15)10-14-11-5-3-4-6-11/h2,11,14H,1,3-10H2,(H,13,15). The van der Waals surface area contributed by atoms with Crippen molar-refractivity contribution in [3.63, 3.8) is 0 Å². The first-order chi connectivity index (χ1) is 7.83. The summed E-state index contributed by atoms with van der Waals surface area (Å²) in [4.78, 5) is 11.4. The van der Waals surface area contributed by atoms with Gasteiger partial charge in [-0.15, -0.1) is 6.58 Å². The zero-order valence-electron chi connectivity index (χ0n) is 9.84. The van der Waals surface area contributed by atoms with E-state index in [2.05, 4.69) is 17.2 Å². The monoisotopic (exact) mass is 242 g/mol.